The molecular weight excluding hydrogens is 484 g/mol. The number of ether oxygens (including phenoxy) is 2. The molecule has 0 N–H and O–H groups in total. The summed E-state index contributed by atoms with van der Waals surface area (Å²) in [7, 11) is -0.598. The van der Waals surface area contributed by atoms with Crippen molar-refractivity contribution in [3.05, 3.63) is 67.0 Å². The molecule has 1 aromatic heterocycles. The minimum absolute atomic E-state index is 0.183. The standard InChI is InChI=1S/C25H26N4O6S/c1-17-16-28(24(30)35-21-6-5-13-26-15-21)23-14-19(9-12-22(23)29(17)25(31)34-3)18-7-10-20(11-8-18)27(2)36(4,32)33/h5-15,17H,16H2,1-4H3/t17-/m0/s1. The Morgan fingerprint density at radius 1 is 1.03 bits per heavy atom. The minimum atomic E-state index is -3.39. The van der Waals surface area contributed by atoms with Gasteiger partial charge in [-0.05, 0) is 54.4 Å². The van der Waals surface area contributed by atoms with Gasteiger partial charge in [0.15, 0.2) is 5.75 Å². The lowest BCUT2D eigenvalue weighted by atomic mass is 10.0. The zero-order valence-electron chi connectivity index (χ0n) is 20.3. The first-order valence-corrected chi connectivity index (χ1v) is 12.9. The maximum absolute atomic E-state index is 13.2. The van der Waals surface area contributed by atoms with Gasteiger partial charge < -0.3 is 9.47 Å². The van der Waals surface area contributed by atoms with Crippen molar-refractivity contribution in [1.82, 2.24) is 4.98 Å². The zero-order valence-corrected chi connectivity index (χ0v) is 21.1. The molecule has 10 nitrogen and oxygen atoms in total. The summed E-state index contributed by atoms with van der Waals surface area (Å²) in [5, 5.41) is 0. The lowest BCUT2D eigenvalue weighted by Gasteiger charge is -2.39. The van der Waals surface area contributed by atoms with Crippen molar-refractivity contribution >= 4 is 39.3 Å². The molecule has 2 aromatic carbocycles. The van der Waals surface area contributed by atoms with E-state index in [1.807, 2.05) is 13.0 Å². The molecule has 188 valence electrons. The van der Waals surface area contributed by atoms with Crippen molar-refractivity contribution in [2.24, 2.45) is 0 Å². The van der Waals surface area contributed by atoms with Crippen LogP contribution in [0.15, 0.2) is 67.0 Å². The monoisotopic (exact) mass is 510 g/mol. The zero-order chi connectivity index (χ0) is 26.0. The Bertz CT molecular complexity index is 1380. The summed E-state index contributed by atoms with van der Waals surface area (Å²) in [5.74, 6) is 0.300. The number of carbonyl (C=O) groups excluding carboxylic acids is 2. The van der Waals surface area contributed by atoms with Crippen LogP contribution in [0.25, 0.3) is 11.1 Å². The van der Waals surface area contributed by atoms with Crippen LogP contribution in [0, 0.1) is 0 Å². The molecule has 2 heterocycles. The minimum Gasteiger partial charge on any atom is -0.452 e. The van der Waals surface area contributed by atoms with Crippen LogP contribution in [0.5, 0.6) is 5.75 Å². The Kier molecular flexibility index (Phi) is 6.84. The van der Waals surface area contributed by atoms with Crippen LogP contribution in [0.3, 0.4) is 0 Å². The maximum Gasteiger partial charge on any atom is 0.419 e. The molecule has 4 rings (SSSR count). The van der Waals surface area contributed by atoms with E-state index in [-0.39, 0.29) is 12.6 Å². The predicted molar refractivity (Wildman–Crippen MR) is 137 cm³/mol. The van der Waals surface area contributed by atoms with E-state index in [4.69, 9.17) is 9.47 Å². The highest BCUT2D eigenvalue weighted by Gasteiger charge is 2.36. The second kappa shape index (κ2) is 9.86. The third-order valence-electron chi connectivity index (χ3n) is 5.91. The molecule has 0 saturated heterocycles. The van der Waals surface area contributed by atoms with Crippen LogP contribution >= 0.6 is 0 Å². The number of benzene rings is 2. The van der Waals surface area contributed by atoms with E-state index in [2.05, 4.69) is 4.98 Å². The highest BCUT2D eigenvalue weighted by Crippen LogP contribution is 2.39. The predicted octanol–water partition coefficient (Wildman–Crippen LogP) is 4.12. The number of pyridine rings is 1. The van der Waals surface area contributed by atoms with Gasteiger partial charge in [0.2, 0.25) is 10.0 Å². The molecule has 3 aromatic rings. The molecule has 36 heavy (non-hydrogen) atoms. The van der Waals surface area contributed by atoms with Gasteiger partial charge in [0, 0.05) is 13.2 Å². The summed E-state index contributed by atoms with van der Waals surface area (Å²) in [4.78, 5) is 32.7. The molecular formula is C25H26N4O6S. The van der Waals surface area contributed by atoms with Gasteiger partial charge in [0.25, 0.3) is 0 Å². The van der Waals surface area contributed by atoms with Crippen molar-refractivity contribution in [3.63, 3.8) is 0 Å². The summed E-state index contributed by atoms with van der Waals surface area (Å²) >= 11 is 0. The van der Waals surface area contributed by atoms with Crippen LogP contribution < -0.4 is 18.8 Å². The van der Waals surface area contributed by atoms with Gasteiger partial charge in [-0.3, -0.25) is 19.1 Å². The quantitative estimate of drug-likeness (QED) is 0.519. The van der Waals surface area contributed by atoms with Gasteiger partial charge in [-0.15, -0.1) is 0 Å². The van der Waals surface area contributed by atoms with Crippen LogP contribution in [0.2, 0.25) is 0 Å². The highest BCUT2D eigenvalue weighted by atomic mass is 32.2. The number of amides is 2. The Morgan fingerprint density at radius 3 is 2.33 bits per heavy atom. The fraction of sp³-hybridized carbons (Fsp3) is 0.240. The molecule has 1 aliphatic rings. The molecule has 1 aliphatic heterocycles. The summed E-state index contributed by atoms with van der Waals surface area (Å²) in [6.07, 6.45) is 3.01. The fourth-order valence-electron chi connectivity index (χ4n) is 3.97. The second-order valence-corrected chi connectivity index (χ2v) is 10.4. The third-order valence-corrected chi connectivity index (χ3v) is 7.11. The van der Waals surface area contributed by atoms with Crippen LogP contribution in [0.4, 0.5) is 26.7 Å². The van der Waals surface area contributed by atoms with Crippen molar-refractivity contribution in [2.45, 2.75) is 13.0 Å². The number of methoxy groups -OCH3 is 1. The molecule has 0 aliphatic carbocycles. The Hall–Kier alpha value is -4.12. The number of anilines is 3. The summed E-state index contributed by atoms with van der Waals surface area (Å²) in [6, 6.07) is 15.3. The summed E-state index contributed by atoms with van der Waals surface area (Å²) in [5.41, 5.74) is 3.06. The van der Waals surface area contributed by atoms with Crippen LogP contribution in [-0.2, 0) is 14.8 Å². The Balaban J connectivity index is 1.73. The van der Waals surface area contributed by atoms with Crippen LogP contribution in [-0.4, -0.2) is 58.6 Å². The number of nitrogens with zero attached hydrogens (tertiary/aromatic N) is 4. The van der Waals surface area contributed by atoms with Gasteiger partial charge in [-0.1, -0.05) is 18.2 Å². The van der Waals surface area contributed by atoms with E-state index in [1.54, 1.807) is 54.7 Å². The van der Waals surface area contributed by atoms with Gasteiger partial charge in [0.1, 0.15) is 0 Å². The molecule has 2 amide bonds. The highest BCUT2D eigenvalue weighted by molar-refractivity contribution is 7.92. The summed E-state index contributed by atoms with van der Waals surface area (Å²) in [6.45, 7) is 2.00. The number of sulfonamides is 1. The lowest BCUT2D eigenvalue weighted by molar-refractivity contribution is 0.175. The third kappa shape index (κ3) is 4.96. The average Bonchev–Trinajstić information content (AvgIpc) is 2.87. The molecule has 0 fully saturated rings. The van der Waals surface area contributed by atoms with Gasteiger partial charge >= 0.3 is 12.2 Å². The van der Waals surface area contributed by atoms with Crippen molar-refractivity contribution in [1.29, 1.82) is 0 Å². The normalized spacial score (nSPS) is 15.2. The first-order valence-electron chi connectivity index (χ1n) is 11.0. The smallest absolute Gasteiger partial charge is 0.419 e. The molecule has 0 spiro atoms. The molecule has 0 saturated carbocycles. The van der Waals surface area contributed by atoms with Gasteiger partial charge in [0.05, 0.1) is 49.2 Å². The summed E-state index contributed by atoms with van der Waals surface area (Å²) < 4.78 is 35.4. The maximum atomic E-state index is 13.2. The van der Waals surface area contributed by atoms with Gasteiger partial charge in [-0.2, -0.15) is 0 Å². The first kappa shape index (κ1) is 25.0. The SMILES string of the molecule is COC(=O)N1c2ccc(-c3ccc(N(C)S(C)(=O)=O)cc3)cc2N(C(=O)Oc2cccnc2)C[C@@H]1C. The van der Waals surface area contributed by atoms with E-state index < -0.39 is 22.2 Å². The van der Waals surface area contributed by atoms with E-state index >= 15 is 0 Å². The molecule has 1 atom stereocenters. The number of hydrogen-bond acceptors (Lipinski definition) is 7. The second-order valence-electron chi connectivity index (χ2n) is 8.34. The lowest BCUT2D eigenvalue weighted by Crippen LogP contribution is -2.52. The van der Waals surface area contributed by atoms with Gasteiger partial charge in [-0.25, -0.2) is 18.0 Å². The number of aromatic nitrogens is 1. The Morgan fingerprint density at radius 2 is 1.72 bits per heavy atom. The van der Waals surface area contributed by atoms with Crippen molar-refractivity contribution in [3.8, 4) is 16.9 Å². The molecule has 0 bridgehead atoms. The fourth-order valence-corrected chi connectivity index (χ4v) is 4.48. The average molecular weight is 511 g/mol. The van der Waals surface area contributed by atoms with E-state index in [9.17, 15) is 18.0 Å². The first-order chi connectivity index (χ1) is 17.1. The number of rotatable bonds is 4. The van der Waals surface area contributed by atoms with E-state index in [1.165, 1.54) is 34.5 Å². The topological polar surface area (TPSA) is 109 Å². The number of carbonyl (C=O) groups is 2. The number of fused-ring (bicyclic) bond motifs is 1. The Labute approximate surface area is 209 Å². The largest absolute Gasteiger partial charge is 0.452 e. The van der Waals surface area contributed by atoms with Crippen molar-refractivity contribution < 1.29 is 27.5 Å². The van der Waals surface area contributed by atoms with E-state index in [0.29, 0.717) is 22.8 Å². The molecule has 0 unspecified atom stereocenters. The number of hydrogen-bond donors (Lipinski definition) is 0. The molecule has 11 heteroatoms. The van der Waals surface area contributed by atoms with Crippen molar-refractivity contribution in [2.75, 3.05) is 41.1 Å². The molecule has 0 radical (unpaired) electrons. The van der Waals surface area contributed by atoms with E-state index in [0.717, 1.165) is 17.4 Å². The van der Waals surface area contributed by atoms with Crippen LogP contribution in [0.1, 0.15) is 6.92 Å².